The van der Waals surface area contributed by atoms with E-state index in [9.17, 15) is 5.11 Å². The van der Waals surface area contributed by atoms with Crippen molar-refractivity contribution >= 4 is 0 Å². The van der Waals surface area contributed by atoms with Crippen LogP contribution in [-0.2, 0) is 0 Å². The predicted molar refractivity (Wildman–Crippen MR) is 66.1 cm³/mol. The number of aliphatic hydroxyl groups excluding tert-OH is 1. The van der Waals surface area contributed by atoms with Gasteiger partial charge in [-0.05, 0) is 6.92 Å². The van der Waals surface area contributed by atoms with E-state index >= 15 is 0 Å². The largest absolute Gasteiger partial charge is 0.392 e. The maximum absolute atomic E-state index is 9.37. The molecule has 0 aromatic carbocycles. The molecule has 0 aromatic heterocycles. The first kappa shape index (κ1) is 13.3. The predicted octanol–water partition coefficient (Wildman–Crippen LogP) is -1.08. The van der Waals surface area contributed by atoms with Gasteiger partial charge in [0.1, 0.15) is 0 Å². The number of rotatable bonds is 2. The van der Waals surface area contributed by atoms with E-state index < -0.39 is 0 Å². The first-order chi connectivity index (χ1) is 7.79. The molecule has 0 aromatic rings. The first-order valence-corrected chi connectivity index (χ1v) is 6.02. The molecular formula is C11H24N4O. The van der Waals surface area contributed by atoms with Crippen molar-refractivity contribution in [2.24, 2.45) is 0 Å². The Labute approximate surface area is 97.9 Å². The van der Waals surface area contributed by atoms with Gasteiger partial charge in [0.25, 0.3) is 0 Å². The molecule has 0 amide bonds. The fourth-order valence-electron chi connectivity index (χ4n) is 1.62. The maximum atomic E-state index is 9.37. The zero-order valence-corrected chi connectivity index (χ0v) is 10.1. The highest BCUT2D eigenvalue weighted by Crippen LogP contribution is 1.92. The van der Waals surface area contributed by atoms with Crippen molar-refractivity contribution < 1.29 is 5.11 Å². The van der Waals surface area contributed by atoms with Crippen LogP contribution in [0.1, 0.15) is 6.92 Å². The Bertz CT molecular complexity index is 196. The van der Waals surface area contributed by atoms with E-state index in [0.29, 0.717) is 6.54 Å². The number of β-amino-alcohol motifs (C(OH)–C–C–N with tert-alkyl or cyclic N) is 1. The van der Waals surface area contributed by atoms with E-state index in [4.69, 9.17) is 0 Å². The highest BCUT2D eigenvalue weighted by atomic mass is 16.3. The lowest BCUT2D eigenvalue weighted by atomic mass is 10.3. The highest BCUT2D eigenvalue weighted by molar-refractivity contribution is 4.82. The summed E-state index contributed by atoms with van der Waals surface area (Å²) < 4.78 is 0. The summed E-state index contributed by atoms with van der Waals surface area (Å²) in [5, 5.41) is 19.3. The van der Waals surface area contributed by atoms with E-state index in [2.05, 4.69) is 20.9 Å². The molecule has 0 spiro atoms. The molecule has 1 unspecified atom stereocenters. The Morgan fingerprint density at radius 2 is 1.88 bits per heavy atom. The SMILES string of the molecule is CC(O)CN1C=CNCCNCCNCC1. The highest BCUT2D eigenvalue weighted by Gasteiger charge is 2.03. The van der Waals surface area contributed by atoms with Crippen LogP contribution < -0.4 is 16.0 Å². The fraction of sp³-hybridized carbons (Fsp3) is 0.818. The third-order valence-corrected chi connectivity index (χ3v) is 2.40. The van der Waals surface area contributed by atoms with Gasteiger partial charge in [0.15, 0.2) is 0 Å². The number of nitrogens with zero attached hydrogens (tertiary/aromatic N) is 1. The Morgan fingerprint density at radius 3 is 2.62 bits per heavy atom. The second-order valence-corrected chi connectivity index (χ2v) is 4.11. The van der Waals surface area contributed by atoms with Crippen LogP contribution in [0.15, 0.2) is 12.4 Å². The lowest BCUT2D eigenvalue weighted by molar-refractivity contribution is 0.151. The molecule has 0 saturated carbocycles. The van der Waals surface area contributed by atoms with E-state index in [1.54, 1.807) is 0 Å². The Morgan fingerprint density at radius 1 is 1.19 bits per heavy atom. The molecule has 4 N–H and O–H groups in total. The lowest BCUT2D eigenvalue weighted by Gasteiger charge is -2.22. The quantitative estimate of drug-likeness (QED) is 0.484. The van der Waals surface area contributed by atoms with Gasteiger partial charge in [0.2, 0.25) is 0 Å². The minimum atomic E-state index is -0.292. The molecule has 0 bridgehead atoms. The average molecular weight is 228 g/mol. The van der Waals surface area contributed by atoms with Crippen LogP contribution >= 0.6 is 0 Å². The van der Waals surface area contributed by atoms with Crippen LogP contribution in [0.4, 0.5) is 0 Å². The Kier molecular flexibility index (Phi) is 6.96. The van der Waals surface area contributed by atoms with Gasteiger partial charge in [0, 0.05) is 58.2 Å². The van der Waals surface area contributed by atoms with E-state index in [0.717, 1.165) is 39.3 Å². The molecule has 1 aliphatic heterocycles. The summed E-state index contributed by atoms with van der Waals surface area (Å²) in [5.74, 6) is 0. The molecule has 5 nitrogen and oxygen atoms in total. The summed E-state index contributed by atoms with van der Waals surface area (Å²) in [6, 6.07) is 0. The van der Waals surface area contributed by atoms with E-state index in [-0.39, 0.29) is 6.10 Å². The monoisotopic (exact) mass is 228 g/mol. The zero-order chi connectivity index (χ0) is 11.6. The molecule has 1 aliphatic rings. The van der Waals surface area contributed by atoms with Gasteiger partial charge in [-0.1, -0.05) is 0 Å². The molecule has 5 heteroatoms. The lowest BCUT2D eigenvalue weighted by Crippen LogP contribution is -2.37. The number of hydrogen-bond donors (Lipinski definition) is 4. The summed E-state index contributed by atoms with van der Waals surface area (Å²) in [6.45, 7) is 8.25. The fourth-order valence-corrected chi connectivity index (χ4v) is 1.62. The number of nitrogens with one attached hydrogen (secondary N) is 3. The topological polar surface area (TPSA) is 59.6 Å². The minimum absolute atomic E-state index is 0.292. The molecule has 0 saturated heterocycles. The van der Waals surface area contributed by atoms with Crippen molar-refractivity contribution in [3.63, 3.8) is 0 Å². The third kappa shape index (κ3) is 6.66. The van der Waals surface area contributed by atoms with Crippen molar-refractivity contribution in [1.29, 1.82) is 0 Å². The van der Waals surface area contributed by atoms with E-state index in [1.807, 2.05) is 19.3 Å². The van der Waals surface area contributed by atoms with Crippen LogP contribution in [0.25, 0.3) is 0 Å². The molecule has 94 valence electrons. The summed E-state index contributed by atoms with van der Waals surface area (Å²) in [7, 11) is 0. The molecule has 0 fully saturated rings. The van der Waals surface area contributed by atoms with Crippen molar-refractivity contribution in [2.45, 2.75) is 13.0 Å². The molecule has 0 aliphatic carbocycles. The molecule has 1 rings (SSSR count). The molecule has 0 radical (unpaired) electrons. The molecule has 16 heavy (non-hydrogen) atoms. The van der Waals surface area contributed by atoms with Gasteiger partial charge in [-0.2, -0.15) is 0 Å². The van der Waals surface area contributed by atoms with E-state index in [1.165, 1.54) is 0 Å². The van der Waals surface area contributed by atoms with Gasteiger partial charge in [-0.25, -0.2) is 0 Å². The van der Waals surface area contributed by atoms with Crippen LogP contribution in [0.3, 0.4) is 0 Å². The summed E-state index contributed by atoms with van der Waals surface area (Å²) in [5.41, 5.74) is 0. The van der Waals surface area contributed by atoms with Crippen molar-refractivity contribution in [3.8, 4) is 0 Å². The van der Waals surface area contributed by atoms with Crippen LogP contribution in [0, 0.1) is 0 Å². The normalized spacial score (nSPS) is 21.8. The van der Waals surface area contributed by atoms with Crippen molar-refractivity contribution in [3.05, 3.63) is 12.4 Å². The van der Waals surface area contributed by atoms with Gasteiger partial charge >= 0.3 is 0 Å². The number of hydrogen-bond acceptors (Lipinski definition) is 5. The molecular weight excluding hydrogens is 204 g/mol. The summed E-state index contributed by atoms with van der Waals surface area (Å²) >= 11 is 0. The third-order valence-electron chi connectivity index (χ3n) is 2.40. The van der Waals surface area contributed by atoms with Crippen LogP contribution in [-0.4, -0.2) is 61.9 Å². The second-order valence-electron chi connectivity index (χ2n) is 4.11. The van der Waals surface area contributed by atoms with Crippen molar-refractivity contribution in [2.75, 3.05) is 45.8 Å². The Balaban J connectivity index is 2.35. The first-order valence-electron chi connectivity index (χ1n) is 6.02. The number of aliphatic hydroxyl groups is 1. The van der Waals surface area contributed by atoms with Gasteiger partial charge in [0.05, 0.1) is 6.10 Å². The summed E-state index contributed by atoms with van der Waals surface area (Å²) in [4.78, 5) is 2.12. The average Bonchev–Trinajstić information content (AvgIpc) is 2.21. The van der Waals surface area contributed by atoms with Crippen LogP contribution in [0.2, 0.25) is 0 Å². The summed E-state index contributed by atoms with van der Waals surface area (Å²) in [6.07, 6.45) is 3.67. The maximum Gasteiger partial charge on any atom is 0.0686 e. The zero-order valence-electron chi connectivity index (χ0n) is 10.1. The van der Waals surface area contributed by atoms with Crippen molar-refractivity contribution in [1.82, 2.24) is 20.9 Å². The van der Waals surface area contributed by atoms with Gasteiger partial charge in [-0.3, -0.25) is 0 Å². The molecule has 1 atom stereocenters. The smallest absolute Gasteiger partial charge is 0.0686 e. The standard InChI is InChI=1S/C11H24N4O/c1-11(16)10-15-8-6-13-4-2-12-3-5-14-7-9-15/h6,8,11-14,16H,2-5,7,9-10H2,1H3. The molecule has 1 heterocycles. The van der Waals surface area contributed by atoms with Gasteiger partial charge in [-0.15, -0.1) is 0 Å². The Hall–Kier alpha value is -0.780. The minimum Gasteiger partial charge on any atom is -0.392 e. The van der Waals surface area contributed by atoms with Gasteiger partial charge < -0.3 is 26.0 Å². The second kappa shape index (κ2) is 8.38. The van der Waals surface area contributed by atoms with Crippen LogP contribution in [0.5, 0.6) is 0 Å².